The van der Waals surface area contributed by atoms with Gasteiger partial charge in [0.05, 0.1) is 6.10 Å². The summed E-state index contributed by atoms with van der Waals surface area (Å²) in [5, 5.41) is 10.3. The Bertz CT molecular complexity index is 371. The van der Waals surface area contributed by atoms with E-state index in [4.69, 9.17) is 5.73 Å². The van der Waals surface area contributed by atoms with Crippen molar-refractivity contribution < 1.29 is 5.11 Å². The highest BCUT2D eigenvalue weighted by Gasteiger charge is 2.18. The zero-order chi connectivity index (χ0) is 13.7. The predicted molar refractivity (Wildman–Crippen MR) is 78.7 cm³/mol. The monoisotopic (exact) mass is 262 g/mol. The van der Waals surface area contributed by atoms with E-state index in [1.54, 1.807) is 0 Å². The van der Waals surface area contributed by atoms with Gasteiger partial charge in [0.1, 0.15) is 0 Å². The van der Waals surface area contributed by atoms with E-state index in [1.165, 1.54) is 25.7 Å². The Balaban J connectivity index is 1.82. The minimum absolute atomic E-state index is 0.404. The Morgan fingerprint density at radius 2 is 1.89 bits per heavy atom. The van der Waals surface area contributed by atoms with Crippen molar-refractivity contribution in [2.24, 2.45) is 11.7 Å². The summed E-state index contributed by atoms with van der Waals surface area (Å²) in [4.78, 5) is 2.26. The third kappa shape index (κ3) is 4.30. The molecule has 19 heavy (non-hydrogen) atoms. The zero-order valence-corrected chi connectivity index (χ0v) is 11.9. The second kappa shape index (κ2) is 7.04. The molecular formula is C16H26N2O. The number of nitrogens with two attached hydrogens (primary N) is 1. The van der Waals surface area contributed by atoms with Gasteiger partial charge in [-0.05, 0) is 36.9 Å². The van der Waals surface area contributed by atoms with E-state index in [2.05, 4.69) is 11.9 Å². The molecule has 1 aliphatic rings. The maximum atomic E-state index is 10.3. The molecule has 0 heterocycles. The highest BCUT2D eigenvalue weighted by atomic mass is 16.3. The van der Waals surface area contributed by atoms with E-state index in [1.807, 2.05) is 24.3 Å². The fraction of sp³-hybridized carbons (Fsp3) is 0.625. The maximum Gasteiger partial charge on any atom is 0.0916 e. The quantitative estimate of drug-likeness (QED) is 0.827. The van der Waals surface area contributed by atoms with Crippen LogP contribution in [0.1, 0.15) is 42.9 Å². The summed E-state index contributed by atoms with van der Waals surface area (Å²) in [6.07, 6.45) is 5.05. The second-order valence-corrected chi connectivity index (χ2v) is 5.83. The molecule has 1 fully saturated rings. The molecule has 1 unspecified atom stereocenters. The van der Waals surface area contributed by atoms with E-state index in [-0.39, 0.29) is 0 Å². The summed E-state index contributed by atoms with van der Waals surface area (Å²) in [5.41, 5.74) is 7.67. The van der Waals surface area contributed by atoms with Gasteiger partial charge in [-0.1, -0.05) is 37.1 Å². The van der Waals surface area contributed by atoms with E-state index >= 15 is 0 Å². The molecule has 0 amide bonds. The van der Waals surface area contributed by atoms with Crippen molar-refractivity contribution in [3.63, 3.8) is 0 Å². The van der Waals surface area contributed by atoms with Gasteiger partial charge in [-0.2, -0.15) is 0 Å². The number of hydrogen-bond acceptors (Lipinski definition) is 3. The van der Waals surface area contributed by atoms with E-state index < -0.39 is 6.10 Å². The van der Waals surface area contributed by atoms with Crippen LogP contribution in [0.25, 0.3) is 0 Å². The Hall–Kier alpha value is -0.900. The molecule has 1 aliphatic carbocycles. The fourth-order valence-electron chi connectivity index (χ4n) is 2.98. The largest absolute Gasteiger partial charge is 0.387 e. The normalized spacial score (nSPS) is 18.1. The van der Waals surface area contributed by atoms with E-state index in [9.17, 15) is 5.11 Å². The summed E-state index contributed by atoms with van der Waals surface area (Å²) >= 11 is 0. The molecule has 0 aliphatic heterocycles. The first-order valence-electron chi connectivity index (χ1n) is 7.34. The van der Waals surface area contributed by atoms with Crippen LogP contribution >= 0.6 is 0 Å². The van der Waals surface area contributed by atoms with Gasteiger partial charge in [0.2, 0.25) is 0 Å². The molecule has 0 aromatic heterocycles. The number of hydrogen-bond donors (Lipinski definition) is 2. The lowest BCUT2D eigenvalue weighted by atomic mass is 10.1. The number of likely N-dealkylation sites (N-methyl/N-ethyl adjacent to an activating group) is 1. The predicted octanol–water partition coefficient (Wildman–Crippen LogP) is 2.30. The van der Waals surface area contributed by atoms with Crippen LogP contribution in [-0.4, -0.2) is 30.1 Å². The van der Waals surface area contributed by atoms with Crippen LogP contribution in [0.3, 0.4) is 0 Å². The molecule has 0 spiro atoms. The molecule has 1 saturated carbocycles. The molecule has 0 bridgehead atoms. The summed E-state index contributed by atoms with van der Waals surface area (Å²) in [7, 11) is 2.11. The Kier molecular flexibility index (Phi) is 5.37. The summed E-state index contributed by atoms with van der Waals surface area (Å²) in [6.45, 7) is 2.37. The van der Waals surface area contributed by atoms with E-state index in [0.717, 1.165) is 23.6 Å². The molecule has 106 valence electrons. The number of aliphatic hydroxyl groups is 1. The molecule has 2 rings (SSSR count). The number of benzene rings is 1. The second-order valence-electron chi connectivity index (χ2n) is 5.83. The average molecular weight is 262 g/mol. The van der Waals surface area contributed by atoms with Gasteiger partial charge in [0.15, 0.2) is 0 Å². The molecule has 0 radical (unpaired) electrons. The Morgan fingerprint density at radius 3 is 2.47 bits per heavy atom. The topological polar surface area (TPSA) is 49.5 Å². The SMILES string of the molecule is CN(CC1CCCC1)CC(O)c1ccc(CN)cc1. The van der Waals surface area contributed by atoms with Crippen molar-refractivity contribution in [3.05, 3.63) is 35.4 Å². The van der Waals surface area contributed by atoms with Crippen LogP contribution in [0.4, 0.5) is 0 Å². The lowest BCUT2D eigenvalue weighted by Crippen LogP contribution is -2.29. The fourth-order valence-corrected chi connectivity index (χ4v) is 2.98. The molecule has 1 atom stereocenters. The maximum absolute atomic E-state index is 10.3. The highest BCUT2D eigenvalue weighted by Crippen LogP contribution is 2.25. The zero-order valence-electron chi connectivity index (χ0n) is 11.9. The first kappa shape index (κ1) is 14.5. The van der Waals surface area contributed by atoms with Crippen molar-refractivity contribution >= 4 is 0 Å². The summed E-state index contributed by atoms with van der Waals surface area (Å²) in [6, 6.07) is 7.96. The van der Waals surface area contributed by atoms with Crippen molar-refractivity contribution in [2.75, 3.05) is 20.1 Å². The van der Waals surface area contributed by atoms with Crippen molar-refractivity contribution in [1.29, 1.82) is 0 Å². The van der Waals surface area contributed by atoms with E-state index in [0.29, 0.717) is 13.1 Å². The van der Waals surface area contributed by atoms with Gasteiger partial charge in [-0.15, -0.1) is 0 Å². The van der Waals surface area contributed by atoms with Gasteiger partial charge >= 0.3 is 0 Å². The smallest absolute Gasteiger partial charge is 0.0916 e. The van der Waals surface area contributed by atoms with Gasteiger partial charge in [-0.3, -0.25) is 0 Å². The minimum atomic E-state index is -0.404. The van der Waals surface area contributed by atoms with Crippen LogP contribution in [0.15, 0.2) is 24.3 Å². The first-order chi connectivity index (χ1) is 9.19. The molecule has 1 aromatic carbocycles. The number of aliphatic hydroxyl groups excluding tert-OH is 1. The Morgan fingerprint density at radius 1 is 1.26 bits per heavy atom. The third-order valence-corrected chi connectivity index (χ3v) is 4.13. The van der Waals surface area contributed by atoms with Crippen molar-refractivity contribution in [3.8, 4) is 0 Å². The van der Waals surface area contributed by atoms with Crippen LogP contribution in [0.5, 0.6) is 0 Å². The van der Waals surface area contributed by atoms with Crippen LogP contribution in [-0.2, 0) is 6.54 Å². The first-order valence-corrected chi connectivity index (χ1v) is 7.34. The summed E-state index contributed by atoms with van der Waals surface area (Å²) in [5.74, 6) is 0.830. The number of nitrogens with zero attached hydrogens (tertiary/aromatic N) is 1. The molecule has 3 heteroatoms. The third-order valence-electron chi connectivity index (χ3n) is 4.13. The standard InChI is InChI=1S/C16H26N2O/c1-18(11-14-4-2-3-5-14)12-16(19)15-8-6-13(10-17)7-9-15/h6-9,14,16,19H,2-5,10-12,17H2,1H3. The van der Waals surface area contributed by atoms with Gasteiger partial charge in [0.25, 0.3) is 0 Å². The highest BCUT2D eigenvalue weighted by molar-refractivity contribution is 5.24. The minimum Gasteiger partial charge on any atom is -0.387 e. The van der Waals surface area contributed by atoms with Crippen molar-refractivity contribution in [2.45, 2.75) is 38.3 Å². The summed E-state index contributed by atoms with van der Waals surface area (Å²) < 4.78 is 0. The van der Waals surface area contributed by atoms with Crippen molar-refractivity contribution in [1.82, 2.24) is 4.90 Å². The average Bonchev–Trinajstić information content (AvgIpc) is 2.91. The molecule has 1 aromatic rings. The molecule has 3 N–H and O–H groups in total. The van der Waals surface area contributed by atoms with Gasteiger partial charge < -0.3 is 15.7 Å². The number of rotatable bonds is 6. The molecule has 0 saturated heterocycles. The molecular weight excluding hydrogens is 236 g/mol. The van der Waals surface area contributed by atoms with Gasteiger partial charge in [0, 0.05) is 19.6 Å². The lowest BCUT2D eigenvalue weighted by molar-refractivity contribution is 0.118. The van der Waals surface area contributed by atoms with Gasteiger partial charge in [-0.25, -0.2) is 0 Å². The van der Waals surface area contributed by atoms with Crippen LogP contribution in [0, 0.1) is 5.92 Å². The molecule has 3 nitrogen and oxygen atoms in total. The van der Waals surface area contributed by atoms with Crippen LogP contribution in [0.2, 0.25) is 0 Å². The lowest BCUT2D eigenvalue weighted by Gasteiger charge is -2.23. The Labute approximate surface area is 116 Å². The van der Waals surface area contributed by atoms with Crippen LogP contribution < -0.4 is 5.73 Å².